The molecule has 0 fully saturated rings. The van der Waals surface area contributed by atoms with Crippen molar-refractivity contribution in [2.24, 2.45) is 0 Å². The molecule has 0 spiro atoms. The van der Waals surface area contributed by atoms with E-state index in [0.717, 1.165) is 31.4 Å². The summed E-state index contributed by atoms with van der Waals surface area (Å²) in [6.45, 7) is -2.31. The summed E-state index contributed by atoms with van der Waals surface area (Å²) >= 11 is 0. The Morgan fingerprint density at radius 2 is 1.78 bits per heavy atom. The van der Waals surface area contributed by atoms with Gasteiger partial charge in [0.1, 0.15) is 5.75 Å². The van der Waals surface area contributed by atoms with Crippen LogP contribution in [0.3, 0.4) is 0 Å². The molecule has 0 heterocycles. The zero-order chi connectivity index (χ0) is 13.4. The first-order chi connectivity index (χ1) is 8.54. The highest BCUT2D eigenvalue weighted by molar-refractivity contribution is 6.73. The summed E-state index contributed by atoms with van der Waals surface area (Å²) < 4.78 is 42.8. The molecule has 5 heteroatoms. The van der Waals surface area contributed by atoms with Gasteiger partial charge in [-0.1, -0.05) is 44.7 Å². The largest absolute Gasteiger partial charge is 0.509 e. The summed E-state index contributed by atoms with van der Waals surface area (Å²) in [6, 6.07) is 5.11. The second-order valence-electron chi connectivity index (χ2n) is 4.41. The highest BCUT2D eigenvalue weighted by atomic mass is 19.4. The molecular formula is C13H19BF3O-. The van der Waals surface area contributed by atoms with Gasteiger partial charge in [0.25, 0.3) is 0 Å². The minimum Gasteiger partial charge on any atom is -0.494 e. The van der Waals surface area contributed by atoms with Crippen molar-refractivity contribution >= 4 is 12.4 Å². The third kappa shape index (κ3) is 5.47. The first kappa shape index (κ1) is 14.9. The van der Waals surface area contributed by atoms with Crippen LogP contribution in [0.15, 0.2) is 24.3 Å². The Labute approximate surface area is 106 Å². The number of ether oxygens (including phenoxy) is 1. The van der Waals surface area contributed by atoms with Crippen LogP contribution in [0.1, 0.15) is 39.0 Å². The fourth-order valence-corrected chi connectivity index (χ4v) is 1.70. The number of hydrogen-bond acceptors (Lipinski definition) is 1. The second-order valence-corrected chi connectivity index (χ2v) is 4.41. The summed E-state index contributed by atoms with van der Waals surface area (Å²) in [5.74, 6) is 0.308. The lowest BCUT2D eigenvalue weighted by molar-refractivity contribution is 0.304. The van der Waals surface area contributed by atoms with Crippen LogP contribution in [0.2, 0.25) is 0 Å². The van der Waals surface area contributed by atoms with E-state index < -0.39 is 12.4 Å². The SMILES string of the molecule is CCCCCCCOc1cccc([B-](F)(F)F)c1. The first-order valence-corrected chi connectivity index (χ1v) is 6.46. The Kier molecular flexibility index (Phi) is 6.09. The van der Waals surface area contributed by atoms with E-state index in [9.17, 15) is 12.9 Å². The van der Waals surface area contributed by atoms with E-state index >= 15 is 0 Å². The molecule has 1 aromatic carbocycles. The predicted molar refractivity (Wildman–Crippen MR) is 69.4 cm³/mol. The van der Waals surface area contributed by atoms with E-state index in [2.05, 4.69) is 6.92 Å². The number of rotatable bonds is 8. The Hall–Kier alpha value is -1.13. The molecule has 0 amide bonds. The molecule has 0 saturated carbocycles. The lowest BCUT2D eigenvalue weighted by atomic mass is 9.80. The summed E-state index contributed by atoms with van der Waals surface area (Å²) in [6.07, 6.45) is 5.49. The van der Waals surface area contributed by atoms with Crippen LogP contribution in [0.4, 0.5) is 12.9 Å². The molecule has 18 heavy (non-hydrogen) atoms. The quantitative estimate of drug-likeness (QED) is 0.504. The normalized spacial score (nSPS) is 11.6. The monoisotopic (exact) mass is 259 g/mol. The molecule has 0 aliphatic carbocycles. The molecule has 0 bridgehead atoms. The maximum atomic E-state index is 12.5. The molecule has 0 N–H and O–H groups in total. The van der Waals surface area contributed by atoms with Crippen LogP contribution in [0, 0.1) is 0 Å². The van der Waals surface area contributed by atoms with Gasteiger partial charge < -0.3 is 17.7 Å². The summed E-state index contributed by atoms with van der Waals surface area (Å²) in [5, 5.41) is 0. The zero-order valence-corrected chi connectivity index (χ0v) is 10.7. The smallest absolute Gasteiger partial charge is 0.494 e. The Balaban J connectivity index is 2.34. The molecular weight excluding hydrogens is 240 g/mol. The fraction of sp³-hybridized carbons (Fsp3) is 0.538. The third-order valence-electron chi connectivity index (χ3n) is 2.75. The van der Waals surface area contributed by atoms with Gasteiger partial charge >= 0.3 is 6.98 Å². The van der Waals surface area contributed by atoms with Crippen molar-refractivity contribution in [3.63, 3.8) is 0 Å². The molecule has 0 radical (unpaired) electrons. The van der Waals surface area contributed by atoms with Crippen LogP contribution in [-0.2, 0) is 0 Å². The fourth-order valence-electron chi connectivity index (χ4n) is 1.70. The van der Waals surface area contributed by atoms with E-state index in [1.54, 1.807) is 6.07 Å². The van der Waals surface area contributed by atoms with Gasteiger partial charge in [-0.05, 0) is 18.6 Å². The maximum Gasteiger partial charge on any atom is 0.509 e. The van der Waals surface area contributed by atoms with Crippen LogP contribution in [-0.4, -0.2) is 13.6 Å². The van der Waals surface area contributed by atoms with Gasteiger partial charge in [-0.3, -0.25) is 0 Å². The third-order valence-corrected chi connectivity index (χ3v) is 2.75. The molecule has 0 saturated heterocycles. The van der Waals surface area contributed by atoms with Gasteiger partial charge in [0, 0.05) is 0 Å². The van der Waals surface area contributed by atoms with Crippen molar-refractivity contribution < 1.29 is 17.7 Å². The molecule has 1 rings (SSSR count). The lowest BCUT2D eigenvalue weighted by Crippen LogP contribution is -2.33. The number of unbranched alkanes of at least 4 members (excludes halogenated alkanes) is 4. The molecule has 0 unspecified atom stereocenters. The molecule has 1 aromatic rings. The number of benzene rings is 1. The van der Waals surface area contributed by atoms with Gasteiger partial charge in [0.05, 0.1) is 6.61 Å². The van der Waals surface area contributed by atoms with Crippen molar-refractivity contribution in [2.45, 2.75) is 39.0 Å². The topological polar surface area (TPSA) is 9.23 Å². The zero-order valence-electron chi connectivity index (χ0n) is 10.7. The Morgan fingerprint density at radius 3 is 2.44 bits per heavy atom. The van der Waals surface area contributed by atoms with Gasteiger partial charge in [0.15, 0.2) is 0 Å². The molecule has 102 valence electrons. The average Bonchev–Trinajstić information content (AvgIpc) is 2.33. The average molecular weight is 259 g/mol. The van der Waals surface area contributed by atoms with E-state index in [1.807, 2.05) is 0 Å². The predicted octanol–water partition coefficient (Wildman–Crippen LogP) is 4.09. The standard InChI is InChI=1S/C13H19BF3O/c1-2-3-4-5-6-10-18-13-9-7-8-12(11-13)14(15,16)17/h7-9,11H,2-6,10H2,1H3/q-1. The van der Waals surface area contributed by atoms with Crippen molar-refractivity contribution in [1.82, 2.24) is 0 Å². The molecule has 0 aliphatic heterocycles. The van der Waals surface area contributed by atoms with Crippen molar-refractivity contribution in [1.29, 1.82) is 0 Å². The van der Waals surface area contributed by atoms with E-state index in [-0.39, 0.29) is 0 Å². The molecule has 0 atom stereocenters. The van der Waals surface area contributed by atoms with E-state index in [4.69, 9.17) is 4.74 Å². The lowest BCUT2D eigenvalue weighted by Gasteiger charge is -2.16. The first-order valence-electron chi connectivity index (χ1n) is 6.46. The minimum atomic E-state index is -4.94. The van der Waals surface area contributed by atoms with Crippen LogP contribution >= 0.6 is 0 Å². The van der Waals surface area contributed by atoms with E-state index in [1.165, 1.54) is 18.9 Å². The Morgan fingerprint density at radius 1 is 1.06 bits per heavy atom. The number of hydrogen-bond donors (Lipinski definition) is 0. The summed E-state index contributed by atoms with van der Waals surface area (Å²) in [7, 11) is 0. The van der Waals surface area contributed by atoms with Gasteiger partial charge in [0.2, 0.25) is 0 Å². The van der Waals surface area contributed by atoms with Crippen LogP contribution < -0.4 is 10.2 Å². The molecule has 1 nitrogen and oxygen atoms in total. The highest BCUT2D eigenvalue weighted by Gasteiger charge is 2.25. The minimum absolute atomic E-state index is 0.308. The van der Waals surface area contributed by atoms with E-state index in [0.29, 0.717) is 12.4 Å². The number of halogens is 3. The summed E-state index contributed by atoms with van der Waals surface area (Å²) in [5.41, 5.74) is -0.599. The molecule has 0 aromatic heterocycles. The van der Waals surface area contributed by atoms with Crippen molar-refractivity contribution in [3.8, 4) is 5.75 Å². The van der Waals surface area contributed by atoms with Gasteiger partial charge in [-0.25, -0.2) is 0 Å². The Bertz CT molecular complexity index is 352. The van der Waals surface area contributed by atoms with Crippen molar-refractivity contribution in [3.05, 3.63) is 24.3 Å². The summed E-state index contributed by atoms with van der Waals surface area (Å²) in [4.78, 5) is 0. The molecule has 0 aliphatic rings. The van der Waals surface area contributed by atoms with Gasteiger partial charge in [-0.15, -0.1) is 5.46 Å². The van der Waals surface area contributed by atoms with Gasteiger partial charge in [-0.2, -0.15) is 0 Å². The highest BCUT2D eigenvalue weighted by Crippen LogP contribution is 2.15. The maximum absolute atomic E-state index is 12.5. The van der Waals surface area contributed by atoms with Crippen LogP contribution in [0.25, 0.3) is 0 Å². The second kappa shape index (κ2) is 7.34. The van der Waals surface area contributed by atoms with Crippen LogP contribution in [0.5, 0.6) is 5.75 Å². The van der Waals surface area contributed by atoms with Crippen molar-refractivity contribution in [2.75, 3.05) is 6.61 Å².